The lowest BCUT2D eigenvalue weighted by molar-refractivity contribution is -0.113. The average Bonchev–Trinajstić information content (AvgIpc) is 3.29. The first-order valence-corrected chi connectivity index (χ1v) is 11.2. The predicted octanol–water partition coefficient (Wildman–Crippen LogP) is 5.79. The maximum Gasteiger partial charge on any atom is 0.235 e. The van der Waals surface area contributed by atoms with Gasteiger partial charge in [-0.2, -0.15) is 9.78 Å². The minimum atomic E-state index is -0.0907. The Morgan fingerprint density at radius 2 is 1.93 bits per heavy atom. The van der Waals surface area contributed by atoms with E-state index in [4.69, 9.17) is 16.6 Å². The van der Waals surface area contributed by atoms with Crippen LogP contribution in [0.15, 0.2) is 47.4 Å². The highest BCUT2D eigenvalue weighted by molar-refractivity contribution is 8.00. The first kappa shape index (κ1) is 19.9. The molecule has 0 saturated carbocycles. The minimum absolute atomic E-state index is 0.0907. The number of fused-ring (bicyclic) bond motifs is 1. The number of hydrogen-bond acceptors (Lipinski definition) is 5. The molecule has 2 aromatic heterocycles. The second-order valence-corrected chi connectivity index (χ2v) is 9.20. The fourth-order valence-electron chi connectivity index (χ4n) is 2.88. The van der Waals surface area contributed by atoms with Crippen molar-refractivity contribution < 1.29 is 4.79 Å². The molecule has 1 amide bonds. The van der Waals surface area contributed by atoms with Gasteiger partial charge in [0, 0.05) is 11.0 Å². The van der Waals surface area contributed by atoms with Gasteiger partial charge in [0.25, 0.3) is 0 Å². The monoisotopic (exact) mass is 442 g/mol. The van der Waals surface area contributed by atoms with Crippen molar-refractivity contribution in [1.29, 1.82) is 0 Å². The Labute approximate surface area is 182 Å². The molecule has 0 aliphatic carbocycles. The van der Waals surface area contributed by atoms with Crippen molar-refractivity contribution in [1.82, 2.24) is 14.8 Å². The Morgan fingerprint density at radius 1 is 1.17 bits per heavy atom. The zero-order valence-electron chi connectivity index (χ0n) is 16.2. The number of anilines is 1. The molecule has 0 fully saturated rings. The molecule has 29 heavy (non-hydrogen) atoms. The van der Waals surface area contributed by atoms with Crippen LogP contribution in [-0.4, -0.2) is 26.4 Å². The maximum absolute atomic E-state index is 12.5. The summed E-state index contributed by atoms with van der Waals surface area (Å²) in [5.41, 5.74) is 3.91. The summed E-state index contributed by atoms with van der Waals surface area (Å²) < 4.78 is 2.59. The molecule has 148 valence electrons. The molecule has 1 N–H and O–H groups in total. The topological polar surface area (TPSA) is 59.8 Å². The molecule has 5 nitrogen and oxygen atoms in total. The van der Waals surface area contributed by atoms with E-state index in [0.717, 1.165) is 26.4 Å². The largest absolute Gasteiger partial charge is 0.310 e. The molecule has 0 saturated heterocycles. The van der Waals surface area contributed by atoms with Gasteiger partial charge < -0.3 is 5.32 Å². The lowest BCUT2D eigenvalue weighted by atomic mass is 10.2. The number of thiazole rings is 1. The number of hydrogen-bond donors (Lipinski definition) is 1. The molecule has 0 aliphatic rings. The van der Waals surface area contributed by atoms with Crippen LogP contribution < -0.4 is 5.32 Å². The van der Waals surface area contributed by atoms with Crippen LogP contribution in [0.4, 0.5) is 5.82 Å². The standard InChI is InChI=1S/C21H19ClN4OS2/c1-12-4-7-15(8-5-12)28-11-18(27)23-17-10-14(3)25-26(17)21-24-19-13(2)6-9-16(22)20(19)29-21/h4-10H,11H2,1-3H3,(H,23,27). The van der Waals surface area contributed by atoms with Crippen LogP contribution in [0.2, 0.25) is 5.02 Å². The molecule has 0 spiro atoms. The molecule has 0 unspecified atom stereocenters. The van der Waals surface area contributed by atoms with Crippen molar-refractivity contribution in [3.8, 4) is 5.13 Å². The maximum atomic E-state index is 12.5. The Hall–Kier alpha value is -2.35. The van der Waals surface area contributed by atoms with Gasteiger partial charge in [-0.1, -0.05) is 46.7 Å². The first-order chi connectivity index (χ1) is 13.9. The third-order valence-corrected chi connectivity index (χ3v) is 6.86. The normalized spacial score (nSPS) is 11.2. The van der Waals surface area contributed by atoms with Crippen LogP contribution in [0, 0.1) is 20.8 Å². The van der Waals surface area contributed by atoms with E-state index in [1.807, 2.05) is 63.2 Å². The van der Waals surface area contributed by atoms with Crippen LogP contribution >= 0.6 is 34.7 Å². The molecule has 2 aromatic carbocycles. The number of thioether (sulfide) groups is 1. The molecule has 2 heterocycles. The Kier molecular flexibility index (Phi) is 5.63. The Morgan fingerprint density at radius 3 is 2.66 bits per heavy atom. The second kappa shape index (κ2) is 8.18. The van der Waals surface area contributed by atoms with E-state index in [-0.39, 0.29) is 5.91 Å². The highest BCUT2D eigenvalue weighted by atomic mass is 35.5. The number of amides is 1. The summed E-state index contributed by atoms with van der Waals surface area (Å²) in [6.45, 7) is 5.93. The Bertz CT molecular complexity index is 1160. The summed E-state index contributed by atoms with van der Waals surface area (Å²) in [5.74, 6) is 0.829. The highest BCUT2D eigenvalue weighted by Crippen LogP contribution is 2.34. The smallest absolute Gasteiger partial charge is 0.235 e. The second-order valence-electron chi connectivity index (χ2n) is 6.77. The molecule has 4 rings (SSSR count). The van der Waals surface area contributed by atoms with Gasteiger partial charge in [-0.25, -0.2) is 4.98 Å². The summed E-state index contributed by atoms with van der Waals surface area (Å²) in [5, 5.41) is 8.81. The van der Waals surface area contributed by atoms with Crippen LogP contribution in [0.1, 0.15) is 16.8 Å². The lowest BCUT2D eigenvalue weighted by Crippen LogP contribution is -2.16. The third-order valence-electron chi connectivity index (χ3n) is 4.36. The average molecular weight is 443 g/mol. The third kappa shape index (κ3) is 4.32. The van der Waals surface area contributed by atoms with E-state index < -0.39 is 0 Å². The number of benzene rings is 2. The summed E-state index contributed by atoms with van der Waals surface area (Å²) >= 11 is 9.30. The van der Waals surface area contributed by atoms with Crippen LogP contribution in [0.25, 0.3) is 15.3 Å². The van der Waals surface area contributed by atoms with E-state index in [1.165, 1.54) is 28.7 Å². The van der Waals surface area contributed by atoms with Gasteiger partial charge in [-0.05, 0) is 44.5 Å². The lowest BCUT2D eigenvalue weighted by Gasteiger charge is -2.06. The molecule has 0 aliphatic heterocycles. The van der Waals surface area contributed by atoms with Crippen molar-refractivity contribution in [3.63, 3.8) is 0 Å². The van der Waals surface area contributed by atoms with Gasteiger partial charge in [-0.3, -0.25) is 4.79 Å². The first-order valence-electron chi connectivity index (χ1n) is 9.03. The highest BCUT2D eigenvalue weighted by Gasteiger charge is 2.16. The van der Waals surface area contributed by atoms with E-state index in [0.29, 0.717) is 21.7 Å². The molecular weight excluding hydrogens is 424 g/mol. The summed E-state index contributed by atoms with van der Waals surface area (Å²) in [6, 6.07) is 13.8. The molecule has 0 radical (unpaired) electrons. The zero-order valence-corrected chi connectivity index (χ0v) is 18.6. The minimum Gasteiger partial charge on any atom is -0.310 e. The molecular formula is C21H19ClN4OS2. The van der Waals surface area contributed by atoms with Gasteiger partial charge in [0.05, 0.1) is 26.7 Å². The number of aryl methyl sites for hydroxylation is 3. The van der Waals surface area contributed by atoms with Gasteiger partial charge in [0.1, 0.15) is 5.82 Å². The van der Waals surface area contributed by atoms with Crippen LogP contribution in [0.5, 0.6) is 0 Å². The van der Waals surface area contributed by atoms with Gasteiger partial charge >= 0.3 is 0 Å². The van der Waals surface area contributed by atoms with Gasteiger partial charge in [-0.15, -0.1) is 11.8 Å². The SMILES string of the molecule is Cc1ccc(SCC(=O)Nc2cc(C)nn2-c2nc3c(C)ccc(Cl)c3s2)cc1. The number of halogens is 1. The number of aromatic nitrogens is 3. The summed E-state index contributed by atoms with van der Waals surface area (Å²) in [6.07, 6.45) is 0. The number of nitrogens with zero attached hydrogens (tertiary/aromatic N) is 3. The number of carbonyl (C=O) groups is 1. The molecule has 0 bridgehead atoms. The number of nitrogens with one attached hydrogen (secondary N) is 1. The van der Waals surface area contributed by atoms with E-state index in [9.17, 15) is 4.79 Å². The van der Waals surface area contributed by atoms with Crippen molar-refractivity contribution >= 4 is 56.6 Å². The molecule has 8 heteroatoms. The predicted molar refractivity (Wildman–Crippen MR) is 122 cm³/mol. The quantitative estimate of drug-likeness (QED) is 0.397. The summed E-state index contributed by atoms with van der Waals surface area (Å²) in [4.78, 5) is 18.3. The number of rotatable bonds is 5. The van der Waals surface area contributed by atoms with Gasteiger partial charge in [0.2, 0.25) is 11.0 Å². The van der Waals surface area contributed by atoms with Crippen molar-refractivity contribution in [2.75, 3.05) is 11.1 Å². The van der Waals surface area contributed by atoms with Crippen LogP contribution in [0.3, 0.4) is 0 Å². The fourth-order valence-corrected chi connectivity index (χ4v) is 4.86. The molecule has 0 atom stereocenters. The van der Waals surface area contributed by atoms with Crippen molar-refractivity contribution in [2.45, 2.75) is 25.7 Å². The fraction of sp³-hybridized carbons (Fsp3) is 0.190. The number of carbonyl (C=O) groups excluding carboxylic acids is 1. The van der Waals surface area contributed by atoms with Crippen LogP contribution in [-0.2, 0) is 4.79 Å². The molecule has 4 aromatic rings. The Balaban J connectivity index is 1.55. The van der Waals surface area contributed by atoms with E-state index >= 15 is 0 Å². The van der Waals surface area contributed by atoms with Crippen molar-refractivity contribution in [2.24, 2.45) is 0 Å². The van der Waals surface area contributed by atoms with E-state index in [1.54, 1.807) is 4.68 Å². The zero-order chi connectivity index (χ0) is 20.5. The summed E-state index contributed by atoms with van der Waals surface area (Å²) in [7, 11) is 0. The van der Waals surface area contributed by atoms with Crippen molar-refractivity contribution in [3.05, 3.63) is 64.3 Å². The van der Waals surface area contributed by atoms with Gasteiger partial charge in [0.15, 0.2) is 0 Å². The van der Waals surface area contributed by atoms with E-state index in [2.05, 4.69) is 10.4 Å².